The predicted molar refractivity (Wildman–Crippen MR) is 136 cm³/mol. The van der Waals surface area contributed by atoms with Crippen molar-refractivity contribution < 1.29 is 104 Å². The monoisotopic (exact) mass is 614 g/mol. The predicted octanol–water partition coefficient (Wildman–Crippen LogP) is -4.42. The van der Waals surface area contributed by atoms with Gasteiger partial charge in [0.25, 0.3) is 0 Å². The number of hydrogen-bond acceptors (Lipinski definition) is 10. The number of carbonyl (C=O) groups is 2. The molecule has 0 saturated carbocycles. The van der Waals surface area contributed by atoms with Crippen LogP contribution in [0, 0.1) is 0 Å². The summed E-state index contributed by atoms with van der Waals surface area (Å²) in [4.78, 5) is 21.1. The van der Waals surface area contributed by atoms with E-state index in [4.69, 9.17) is 9.47 Å². The number of amides is 2. The van der Waals surface area contributed by atoms with E-state index in [0.29, 0.717) is 38.8 Å². The molecule has 208 valence electrons. The Labute approximate surface area is 278 Å². The van der Waals surface area contributed by atoms with Crippen LogP contribution in [0.2, 0.25) is 0 Å². The minimum atomic E-state index is -4.96. The first-order valence-corrected chi connectivity index (χ1v) is 14.3. The van der Waals surface area contributed by atoms with E-state index in [2.05, 4.69) is 23.8 Å². The van der Waals surface area contributed by atoms with Gasteiger partial charge in [-0.1, -0.05) is 13.2 Å². The van der Waals surface area contributed by atoms with Gasteiger partial charge in [-0.15, -0.1) is 0 Å². The first kappa shape index (κ1) is 38.5. The van der Waals surface area contributed by atoms with Crippen molar-refractivity contribution in [3.8, 4) is 11.5 Å². The summed E-state index contributed by atoms with van der Waals surface area (Å²) in [6, 6.07) is 3.91. The first-order valence-electron chi connectivity index (χ1n) is 11.5. The fourth-order valence-corrected chi connectivity index (χ4v) is 4.33. The zero-order valence-electron chi connectivity index (χ0n) is 22.4. The van der Waals surface area contributed by atoms with Crippen molar-refractivity contribution in [1.82, 2.24) is 10.6 Å². The molecule has 0 aromatic heterocycles. The van der Waals surface area contributed by atoms with Gasteiger partial charge in [0.15, 0.2) is 0 Å². The molecule has 0 radical (unpaired) electrons. The van der Waals surface area contributed by atoms with Crippen LogP contribution in [-0.4, -0.2) is 64.1 Å². The Kier molecular flexibility index (Phi) is 17.5. The third kappa shape index (κ3) is 12.6. The van der Waals surface area contributed by atoms with Gasteiger partial charge in [-0.25, -0.2) is 16.8 Å². The maximum atomic E-state index is 11.7. The van der Waals surface area contributed by atoms with E-state index in [9.17, 15) is 35.5 Å². The zero-order chi connectivity index (χ0) is 28.3. The fraction of sp³-hybridized carbons (Fsp3) is 0.333. The van der Waals surface area contributed by atoms with Crippen LogP contribution >= 0.6 is 0 Å². The Hall–Kier alpha value is -1.46. The van der Waals surface area contributed by atoms with E-state index in [1.807, 2.05) is 0 Å². The van der Waals surface area contributed by atoms with E-state index in [1.54, 1.807) is 0 Å². The molecule has 0 fully saturated rings. The van der Waals surface area contributed by atoms with Gasteiger partial charge in [-0.3, -0.25) is 9.59 Å². The van der Waals surface area contributed by atoms with Crippen molar-refractivity contribution in [3.63, 3.8) is 0 Å². The molecule has 2 aromatic rings. The average Bonchev–Trinajstić information content (AvgIpc) is 2.85. The third-order valence-electron chi connectivity index (χ3n) is 5.13. The number of benzene rings is 2. The van der Waals surface area contributed by atoms with Crippen molar-refractivity contribution >= 4 is 42.8 Å². The van der Waals surface area contributed by atoms with Crippen LogP contribution in [0.25, 0.3) is 10.8 Å². The van der Waals surface area contributed by atoms with Crippen molar-refractivity contribution in [3.05, 3.63) is 49.6 Å². The van der Waals surface area contributed by atoms with Crippen LogP contribution in [0.3, 0.4) is 0 Å². The Balaban J connectivity index is 0.00000760. The van der Waals surface area contributed by atoms with Gasteiger partial charge < -0.3 is 29.2 Å². The normalized spacial score (nSPS) is 10.9. The first-order chi connectivity index (χ1) is 17.9. The van der Waals surface area contributed by atoms with Crippen molar-refractivity contribution in [2.75, 3.05) is 26.3 Å². The summed E-state index contributed by atoms with van der Waals surface area (Å²) in [5.41, 5.74) is 0. The van der Waals surface area contributed by atoms with Gasteiger partial charge in [0.1, 0.15) is 31.7 Å². The van der Waals surface area contributed by atoms with Crippen molar-refractivity contribution in [1.29, 1.82) is 0 Å². The van der Waals surface area contributed by atoms with E-state index in [1.165, 1.54) is 0 Å². The Morgan fingerprint density at radius 3 is 1.43 bits per heavy atom. The Morgan fingerprint density at radius 1 is 0.725 bits per heavy atom. The SMILES string of the molecule is C=CC(=O)NCCCCOc1cc(S(=O)(=O)[O-])cc2cc(S(=O)(=O)[O-])cc(OCCCCNC(=O)C=C)c12.[Na+].[Na+]. The Morgan fingerprint density at radius 2 is 1.10 bits per heavy atom. The van der Waals surface area contributed by atoms with Gasteiger partial charge in [0.2, 0.25) is 11.8 Å². The molecular formula is C24H28N2Na2O10S2. The molecule has 0 saturated heterocycles. The summed E-state index contributed by atoms with van der Waals surface area (Å²) in [6.45, 7) is 7.50. The number of rotatable bonds is 16. The molecule has 40 heavy (non-hydrogen) atoms. The topological polar surface area (TPSA) is 191 Å². The zero-order valence-corrected chi connectivity index (χ0v) is 28.1. The number of carbonyl (C=O) groups excluding carboxylic acids is 2. The second kappa shape index (κ2) is 18.2. The summed E-state index contributed by atoms with van der Waals surface area (Å²) < 4.78 is 81.9. The van der Waals surface area contributed by atoms with Crippen LogP contribution in [-0.2, 0) is 29.8 Å². The molecule has 0 unspecified atom stereocenters. The molecule has 16 heteroatoms. The minimum Gasteiger partial charge on any atom is -0.744 e. The summed E-state index contributed by atoms with van der Waals surface area (Å²) >= 11 is 0. The maximum Gasteiger partial charge on any atom is 1.00 e. The number of ether oxygens (including phenoxy) is 2. The van der Waals surface area contributed by atoms with E-state index < -0.39 is 30.0 Å². The van der Waals surface area contributed by atoms with Crippen LogP contribution < -0.4 is 79.2 Å². The average molecular weight is 615 g/mol. The molecular weight excluding hydrogens is 586 g/mol. The quantitative estimate of drug-likeness (QED) is 0.0808. The van der Waals surface area contributed by atoms with Gasteiger partial charge in [0.05, 0.1) is 28.4 Å². The molecule has 2 aromatic carbocycles. The molecule has 0 atom stereocenters. The van der Waals surface area contributed by atoms with Crippen LogP contribution in [0.5, 0.6) is 11.5 Å². The summed E-state index contributed by atoms with van der Waals surface area (Å²) in [6.07, 6.45) is 4.17. The summed E-state index contributed by atoms with van der Waals surface area (Å²) in [5, 5.41) is 5.31. The molecule has 0 bridgehead atoms. The minimum absolute atomic E-state index is 0. The number of fused-ring (bicyclic) bond motifs is 1. The summed E-state index contributed by atoms with van der Waals surface area (Å²) in [7, 11) is -9.93. The third-order valence-corrected chi connectivity index (χ3v) is 6.75. The molecule has 2 N–H and O–H groups in total. The standard InChI is InChI=1S/C24H30N2O10S2.2Na/c1-3-22(27)25-9-5-7-11-35-20-15-18(37(29,30)31)13-17-14-19(38(32,33)34)16-21(24(17)20)36-12-8-6-10-26-23(28)4-2;;/h3-4,13-16H,1-2,5-12H2,(H,25,27)(H,26,28)(H,29,30,31)(H,32,33,34);;/q;2*+1/p-2. The molecule has 0 aliphatic heterocycles. The van der Waals surface area contributed by atoms with Crippen LogP contribution in [0.15, 0.2) is 59.4 Å². The smallest absolute Gasteiger partial charge is 0.744 e. The van der Waals surface area contributed by atoms with Gasteiger partial charge in [-0.05, 0) is 67.5 Å². The molecule has 2 rings (SSSR count). The molecule has 0 aliphatic carbocycles. The maximum absolute atomic E-state index is 11.7. The van der Waals surface area contributed by atoms with Gasteiger partial charge in [0, 0.05) is 13.1 Å². The van der Waals surface area contributed by atoms with E-state index in [-0.39, 0.29) is 106 Å². The molecule has 2 amide bonds. The second-order valence-corrected chi connectivity index (χ2v) is 10.7. The van der Waals surface area contributed by atoms with Crippen molar-refractivity contribution in [2.24, 2.45) is 0 Å². The summed E-state index contributed by atoms with van der Waals surface area (Å²) in [5.74, 6) is -0.788. The van der Waals surface area contributed by atoms with Crippen LogP contribution in [0.4, 0.5) is 0 Å². The van der Waals surface area contributed by atoms with E-state index in [0.717, 1.165) is 36.4 Å². The van der Waals surface area contributed by atoms with Gasteiger partial charge in [-0.2, -0.15) is 0 Å². The van der Waals surface area contributed by atoms with Gasteiger partial charge >= 0.3 is 59.1 Å². The molecule has 12 nitrogen and oxygen atoms in total. The molecule has 0 aliphatic rings. The largest absolute Gasteiger partial charge is 1.00 e. The van der Waals surface area contributed by atoms with Crippen molar-refractivity contribution in [2.45, 2.75) is 35.5 Å². The number of hydrogen-bond donors (Lipinski definition) is 2. The molecule has 0 heterocycles. The fourth-order valence-electron chi connectivity index (χ4n) is 3.29. The van der Waals surface area contributed by atoms with E-state index >= 15 is 0 Å². The number of unbranched alkanes of at least 4 members (excludes halogenated alkanes) is 2. The second-order valence-electron chi connectivity index (χ2n) is 7.95. The Bertz CT molecular complexity index is 1310. The number of nitrogens with one attached hydrogen (secondary N) is 2. The van der Waals surface area contributed by atoms with Crippen LogP contribution in [0.1, 0.15) is 25.7 Å². The molecule has 0 spiro atoms.